The summed E-state index contributed by atoms with van der Waals surface area (Å²) in [4.78, 5) is 0. The van der Waals surface area contributed by atoms with E-state index in [1.807, 2.05) is 0 Å². The van der Waals surface area contributed by atoms with Gasteiger partial charge >= 0.3 is 6.18 Å². The molecule has 0 aliphatic carbocycles. The largest absolute Gasteiger partial charge is 0.497 e. The fraction of sp³-hybridized carbons (Fsp3) is 0.167. The van der Waals surface area contributed by atoms with Gasteiger partial charge in [-0.1, -0.05) is 18.2 Å². The van der Waals surface area contributed by atoms with E-state index in [2.05, 4.69) is 0 Å². The number of benzene rings is 2. The lowest BCUT2D eigenvalue weighted by atomic mass is 10.0. The van der Waals surface area contributed by atoms with Crippen molar-refractivity contribution >= 4 is 10.8 Å². The average Bonchev–Trinajstić information content (AvgIpc) is 2.26. The number of ether oxygens (including phenoxy) is 1. The lowest BCUT2D eigenvalue weighted by molar-refractivity contribution is -0.136. The number of hydrogen-bond donors (Lipinski definition) is 0. The molecule has 0 amide bonds. The first-order valence-corrected chi connectivity index (χ1v) is 4.66. The molecule has 0 atom stereocenters. The second-order valence-electron chi connectivity index (χ2n) is 3.39. The Hall–Kier alpha value is -1.71. The van der Waals surface area contributed by atoms with Crippen LogP contribution in [0.3, 0.4) is 0 Å². The van der Waals surface area contributed by atoms with Crippen molar-refractivity contribution in [2.75, 3.05) is 7.11 Å². The van der Waals surface area contributed by atoms with Crippen molar-refractivity contribution in [3.63, 3.8) is 0 Å². The van der Waals surface area contributed by atoms with Crippen LogP contribution in [0.1, 0.15) is 5.56 Å². The van der Waals surface area contributed by atoms with E-state index >= 15 is 0 Å². The summed E-state index contributed by atoms with van der Waals surface area (Å²) >= 11 is 0. The minimum Gasteiger partial charge on any atom is -0.497 e. The number of alkyl halides is 3. The Morgan fingerprint density at radius 3 is 2.44 bits per heavy atom. The molecule has 2 aromatic carbocycles. The van der Waals surface area contributed by atoms with E-state index in [9.17, 15) is 13.2 Å². The molecule has 16 heavy (non-hydrogen) atoms. The van der Waals surface area contributed by atoms with Gasteiger partial charge in [-0.3, -0.25) is 0 Å². The molecule has 0 aromatic heterocycles. The van der Waals surface area contributed by atoms with Crippen LogP contribution >= 0.6 is 0 Å². The van der Waals surface area contributed by atoms with Gasteiger partial charge in [0.05, 0.1) is 12.7 Å². The number of rotatable bonds is 1. The lowest BCUT2D eigenvalue weighted by Gasteiger charge is -2.10. The fourth-order valence-electron chi connectivity index (χ4n) is 1.64. The molecule has 0 heterocycles. The van der Waals surface area contributed by atoms with Gasteiger partial charge in [-0.05, 0) is 29.0 Å². The highest BCUT2D eigenvalue weighted by Crippen LogP contribution is 2.35. The zero-order valence-electron chi connectivity index (χ0n) is 8.51. The molecule has 0 saturated carbocycles. The van der Waals surface area contributed by atoms with Gasteiger partial charge in [-0.15, -0.1) is 0 Å². The van der Waals surface area contributed by atoms with Crippen molar-refractivity contribution in [1.29, 1.82) is 0 Å². The van der Waals surface area contributed by atoms with E-state index in [1.54, 1.807) is 12.1 Å². The van der Waals surface area contributed by atoms with Crippen molar-refractivity contribution in [1.82, 2.24) is 0 Å². The number of fused-ring (bicyclic) bond motifs is 1. The summed E-state index contributed by atoms with van der Waals surface area (Å²) in [7, 11) is 1.48. The predicted molar refractivity (Wildman–Crippen MR) is 55.5 cm³/mol. The zero-order chi connectivity index (χ0) is 11.8. The summed E-state index contributed by atoms with van der Waals surface area (Å²) in [5.74, 6) is 0.548. The summed E-state index contributed by atoms with van der Waals surface area (Å²) < 4.78 is 43.0. The van der Waals surface area contributed by atoms with Gasteiger partial charge in [0.25, 0.3) is 0 Å². The molecule has 4 heteroatoms. The van der Waals surface area contributed by atoms with Crippen LogP contribution in [-0.4, -0.2) is 7.11 Å². The van der Waals surface area contributed by atoms with Crippen LogP contribution in [0.2, 0.25) is 0 Å². The highest BCUT2D eigenvalue weighted by Gasteiger charge is 2.32. The third kappa shape index (κ3) is 1.83. The van der Waals surface area contributed by atoms with E-state index in [0.29, 0.717) is 11.1 Å². The molecule has 0 unspecified atom stereocenters. The summed E-state index contributed by atoms with van der Waals surface area (Å²) in [6.45, 7) is 0. The molecule has 0 N–H and O–H groups in total. The quantitative estimate of drug-likeness (QED) is 0.717. The molecule has 0 aliphatic heterocycles. The van der Waals surface area contributed by atoms with Gasteiger partial charge in [0.2, 0.25) is 0 Å². The molecular weight excluding hydrogens is 217 g/mol. The minimum atomic E-state index is -4.33. The SMILES string of the molecule is COc1ccc2c(C(F)(F)F)cccc2c1. The van der Waals surface area contributed by atoms with Gasteiger partial charge in [-0.2, -0.15) is 13.2 Å². The molecule has 0 aliphatic rings. The molecule has 0 fully saturated rings. The van der Waals surface area contributed by atoms with Crippen molar-refractivity contribution in [3.8, 4) is 5.75 Å². The van der Waals surface area contributed by atoms with Gasteiger partial charge in [0.15, 0.2) is 0 Å². The molecule has 0 spiro atoms. The average molecular weight is 226 g/mol. The van der Waals surface area contributed by atoms with Crippen LogP contribution in [0.15, 0.2) is 36.4 Å². The third-order valence-electron chi connectivity index (χ3n) is 2.39. The Kier molecular flexibility index (Phi) is 2.50. The molecule has 1 nitrogen and oxygen atoms in total. The standard InChI is InChI=1S/C12H9F3O/c1-16-9-5-6-10-8(7-9)3-2-4-11(10)12(13,14)15/h2-7H,1H3. The predicted octanol–water partition coefficient (Wildman–Crippen LogP) is 3.87. The maximum Gasteiger partial charge on any atom is 0.417 e. The Bertz CT molecular complexity index is 517. The smallest absolute Gasteiger partial charge is 0.417 e. The normalized spacial score (nSPS) is 11.8. The molecule has 2 aromatic rings. The minimum absolute atomic E-state index is 0.191. The lowest BCUT2D eigenvalue weighted by Crippen LogP contribution is -2.05. The van der Waals surface area contributed by atoms with Crippen LogP contribution in [0.25, 0.3) is 10.8 Å². The van der Waals surface area contributed by atoms with E-state index < -0.39 is 11.7 Å². The molecule has 0 bridgehead atoms. The van der Waals surface area contributed by atoms with Crippen molar-refractivity contribution in [3.05, 3.63) is 42.0 Å². The van der Waals surface area contributed by atoms with Crippen molar-refractivity contribution in [2.24, 2.45) is 0 Å². The van der Waals surface area contributed by atoms with Crippen LogP contribution in [-0.2, 0) is 6.18 Å². The van der Waals surface area contributed by atoms with Crippen molar-refractivity contribution < 1.29 is 17.9 Å². The highest BCUT2D eigenvalue weighted by atomic mass is 19.4. The first-order chi connectivity index (χ1) is 7.52. The zero-order valence-corrected chi connectivity index (χ0v) is 8.51. The maximum absolute atomic E-state index is 12.7. The number of hydrogen-bond acceptors (Lipinski definition) is 1. The van der Waals surface area contributed by atoms with E-state index in [1.165, 1.54) is 25.3 Å². The second kappa shape index (κ2) is 3.70. The van der Waals surface area contributed by atoms with Gasteiger partial charge in [0, 0.05) is 0 Å². The summed E-state index contributed by atoms with van der Waals surface area (Å²) in [6.07, 6.45) is -4.33. The highest BCUT2D eigenvalue weighted by molar-refractivity contribution is 5.87. The monoisotopic (exact) mass is 226 g/mol. The van der Waals surface area contributed by atoms with Crippen molar-refractivity contribution in [2.45, 2.75) is 6.18 Å². The van der Waals surface area contributed by atoms with Gasteiger partial charge < -0.3 is 4.74 Å². The Morgan fingerprint density at radius 2 is 1.81 bits per heavy atom. The first kappa shape index (κ1) is 10.8. The Balaban J connectivity index is 2.70. The summed E-state index contributed by atoms with van der Waals surface area (Å²) in [6, 6.07) is 8.64. The van der Waals surface area contributed by atoms with E-state index in [0.717, 1.165) is 6.07 Å². The van der Waals surface area contributed by atoms with Gasteiger partial charge in [-0.25, -0.2) is 0 Å². The Morgan fingerprint density at radius 1 is 1.06 bits per heavy atom. The Labute approximate surface area is 90.5 Å². The summed E-state index contributed by atoms with van der Waals surface area (Å²) in [5, 5.41) is 0.713. The maximum atomic E-state index is 12.7. The summed E-state index contributed by atoms with van der Waals surface area (Å²) in [5.41, 5.74) is -0.618. The molecule has 84 valence electrons. The van der Waals surface area contributed by atoms with Crippen LogP contribution in [0.4, 0.5) is 13.2 Å². The molecule has 2 rings (SSSR count). The van der Waals surface area contributed by atoms with Crippen LogP contribution in [0.5, 0.6) is 5.75 Å². The second-order valence-corrected chi connectivity index (χ2v) is 3.39. The third-order valence-corrected chi connectivity index (χ3v) is 2.39. The topological polar surface area (TPSA) is 9.23 Å². The van der Waals surface area contributed by atoms with E-state index in [-0.39, 0.29) is 5.39 Å². The van der Waals surface area contributed by atoms with E-state index in [4.69, 9.17) is 4.74 Å². The number of methoxy groups -OCH3 is 1. The van der Waals surface area contributed by atoms with Crippen LogP contribution in [0, 0.1) is 0 Å². The van der Waals surface area contributed by atoms with Gasteiger partial charge in [0.1, 0.15) is 5.75 Å². The molecule has 0 saturated heterocycles. The van der Waals surface area contributed by atoms with Crippen LogP contribution < -0.4 is 4.74 Å². The molecule has 0 radical (unpaired) electrons. The first-order valence-electron chi connectivity index (χ1n) is 4.66. The molecular formula is C12H9F3O. The number of halogens is 3. The fourth-order valence-corrected chi connectivity index (χ4v) is 1.64.